The number of nitrogens with two attached hydrogens (primary N) is 1. The van der Waals surface area contributed by atoms with Crippen molar-refractivity contribution in [3.05, 3.63) is 22.2 Å². The van der Waals surface area contributed by atoms with Gasteiger partial charge in [0.25, 0.3) is 0 Å². The molecule has 1 aliphatic heterocycles. The van der Waals surface area contributed by atoms with E-state index in [1.165, 1.54) is 25.9 Å². The number of nitrogens with one attached hydrogen (secondary N) is 1. The van der Waals surface area contributed by atoms with Crippen molar-refractivity contribution in [1.82, 2.24) is 4.90 Å². The van der Waals surface area contributed by atoms with Crippen LogP contribution in [0.3, 0.4) is 0 Å². The second-order valence-corrected chi connectivity index (χ2v) is 6.14. The molecule has 106 valence electrons. The Morgan fingerprint density at radius 3 is 2.42 bits per heavy atom. The van der Waals surface area contributed by atoms with Crippen LogP contribution in [0.2, 0.25) is 10.0 Å². The third-order valence-corrected chi connectivity index (χ3v) is 4.35. The number of halogens is 2. The van der Waals surface area contributed by atoms with Crippen molar-refractivity contribution in [3.63, 3.8) is 0 Å². The molecular weight excluding hydrogens is 281 g/mol. The smallest absolute Gasteiger partial charge is 0.0720 e. The largest absolute Gasteiger partial charge is 0.399 e. The number of likely N-dealkylation sites (tertiary alicyclic amines) is 1. The molecule has 2 rings (SSSR count). The lowest BCUT2D eigenvalue weighted by Gasteiger charge is -2.29. The van der Waals surface area contributed by atoms with Crippen LogP contribution < -0.4 is 11.1 Å². The Balaban J connectivity index is 1.83. The fourth-order valence-electron chi connectivity index (χ4n) is 2.51. The average Bonchev–Trinajstić information content (AvgIpc) is 2.34. The Bertz CT molecular complexity index is 406. The Hall–Kier alpha value is -0.640. The molecule has 19 heavy (non-hydrogen) atoms. The van der Waals surface area contributed by atoms with Gasteiger partial charge in [0, 0.05) is 12.2 Å². The van der Waals surface area contributed by atoms with Crippen LogP contribution in [-0.2, 0) is 0 Å². The second kappa shape index (κ2) is 6.69. The van der Waals surface area contributed by atoms with Gasteiger partial charge in [-0.05, 0) is 57.5 Å². The van der Waals surface area contributed by atoms with Crippen LogP contribution in [-0.4, -0.2) is 31.6 Å². The summed E-state index contributed by atoms with van der Waals surface area (Å²) < 4.78 is 0. The maximum absolute atomic E-state index is 6.14. The first-order valence-corrected chi connectivity index (χ1v) is 7.49. The number of piperidine rings is 1. The minimum absolute atomic E-state index is 0.591. The van der Waals surface area contributed by atoms with E-state index in [1.807, 2.05) is 0 Å². The maximum Gasteiger partial charge on any atom is 0.0720 e. The molecule has 0 aliphatic carbocycles. The van der Waals surface area contributed by atoms with E-state index in [0.717, 1.165) is 24.6 Å². The fourth-order valence-corrected chi connectivity index (χ4v) is 3.15. The number of hydrogen-bond donors (Lipinski definition) is 2. The molecular formula is C14H21Cl2N3. The highest BCUT2D eigenvalue weighted by Crippen LogP contribution is 2.33. The molecule has 3 N–H and O–H groups in total. The molecule has 1 fully saturated rings. The molecule has 1 aromatic carbocycles. The van der Waals surface area contributed by atoms with Gasteiger partial charge in [0.15, 0.2) is 0 Å². The van der Waals surface area contributed by atoms with Crippen LogP contribution in [0.5, 0.6) is 0 Å². The molecule has 1 heterocycles. The van der Waals surface area contributed by atoms with Gasteiger partial charge < -0.3 is 16.0 Å². The highest BCUT2D eigenvalue weighted by molar-refractivity contribution is 6.39. The molecule has 1 aromatic rings. The molecule has 0 aromatic heterocycles. The standard InChI is InChI=1S/C14H21Cl2N3/c1-19-6-3-10(4-7-19)2-5-18-14-12(15)8-11(17)9-13(14)16/h8-10,18H,2-7,17H2,1H3. The third kappa shape index (κ3) is 4.16. The van der Waals surface area contributed by atoms with Crippen molar-refractivity contribution in [2.75, 3.05) is 37.7 Å². The molecule has 3 nitrogen and oxygen atoms in total. The van der Waals surface area contributed by atoms with E-state index in [1.54, 1.807) is 12.1 Å². The van der Waals surface area contributed by atoms with Gasteiger partial charge in [0.05, 0.1) is 15.7 Å². The summed E-state index contributed by atoms with van der Waals surface area (Å²) in [6.07, 6.45) is 3.72. The second-order valence-electron chi connectivity index (χ2n) is 5.32. The molecule has 5 heteroatoms. The predicted molar refractivity (Wildman–Crippen MR) is 84.2 cm³/mol. The molecule has 1 saturated heterocycles. The summed E-state index contributed by atoms with van der Waals surface area (Å²) in [6, 6.07) is 3.46. The van der Waals surface area contributed by atoms with Gasteiger partial charge in [0.2, 0.25) is 0 Å². The molecule has 0 saturated carbocycles. The lowest BCUT2D eigenvalue weighted by Crippen LogP contribution is -2.30. The lowest BCUT2D eigenvalue weighted by atomic mass is 9.94. The highest BCUT2D eigenvalue weighted by atomic mass is 35.5. The van der Waals surface area contributed by atoms with E-state index in [0.29, 0.717) is 15.7 Å². The van der Waals surface area contributed by atoms with Crippen LogP contribution in [0.4, 0.5) is 11.4 Å². The summed E-state index contributed by atoms with van der Waals surface area (Å²) >= 11 is 12.3. The van der Waals surface area contributed by atoms with Crippen LogP contribution in [0.15, 0.2) is 12.1 Å². The Morgan fingerprint density at radius 1 is 1.26 bits per heavy atom. The minimum atomic E-state index is 0.591. The SMILES string of the molecule is CN1CCC(CCNc2c(Cl)cc(N)cc2Cl)CC1. The number of anilines is 2. The fraction of sp³-hybridized carbons (Fsp3) is 0.571. The van der Waals surface area contributed by atoms with Gasteiger partial charge in [-0.25, -0.2) is 0 Å². The van der Waals surface area contributed by atoms with Crippen LogP contribution >= 0.6 is 23.2 Å². The summed E-state index contributed by atoms with van der Waals surface area (Å²) in [5, 5.41) is 4.52. The Labute approximate surface area is 125 Å². The van der Waals surface area contributed by atoms with E-state index >= 15 is 0 Å². The Kier molecular flexibility index (Phi) is 5.20. The normalized spacial score (nSPS) is 17.6. The first-order valence-electron chi connectivity index (χ1n) is 6.73. The maximum atomic E-state index is 6.14. The monoisotopic (exact) mass is 301 g/mol. The zero-order chi connectivity index (χ0) is 13.8. The van der Waals surface area contributed by atoms with Crippen molar-refractivity contribution >= 4 is 34.6 Å². The van der Waals surface area contributed by atoms with E-state index in [9.17, 15) is 0 Å². The van der Waals surface area contributed by atoms with Crippen molar-refractivity contribution in [3.8, 4) is 0 Å². The molecule has 0 bridgehead atoms. The van der Waals surface area contributed by atoms with Crippen LogP contribution in [0.1, 0.15) is 19.3 Å². The van der Waals surface area contributed by atoms with Gasteiger partial charge >= 0.3 is 0 Å². The van der Waals surface area contributed by atoms with Crippen molar-refractivity contribution in [2.45, 2.75) is 19.3 Å². The van der Waals surface area contributed by atoms with Gasteiger partial charge in [0.1, 0.15) is 0 Å². The number of rotatable bonds is 4. The minimum Gasteiger partial charge on any atom is -0.399 e. The zero-order valence-electron chi connectivity index (χ0n) is 11.3. The quantitative estimate of drug-likeness (QED) is 0.833. The summed E-state index contributed by atoms with van der Waals surface area (Å²) in [6.45, 7) is 3.31. The molecule has 0 spiro atoms. The van der Waals surface area contributed by atoms with E-state index in [2.05, 4.69) is 17.3 Å². The van der Waals surface area contributed by atoms with Gasteiger partial charge in [-0.1, -0.05) is 23.2 Å². The third-order valence-electron chi connectivity index (χ3n) is 3.76. The first kappa shape index (κ1) is 14.8. The summed E-state index contributed by atoms with van der Waals surface area (Å²) in [5.41, 5.74) is 7.08. The highest BCUT2D eigenvalue weighted by Gasteiger charge is 2.16. The molecule has 1 aliphatic rings. The topological polar surface area (TPSA) is 41.3 Å². The number of nitrogens with zero attached hydrogens (tertiary/aromatic N) is 1. The lowest BCUT2D eigenvalue weighted by molar-refractivity contribution is 0.215. The number of nitrogen functional groups attached to an aromatic ring is 1. The van der Waals surface area contributed by atoms with Gasteiger partial charge in [-0.3, -0.25) is 0 Å². The zero-order valence-corrected chi connectivity index (χ0v) is 12.8. The summed E-state index contributed by atoms with van der Waals surface area (Å²) in [4.78, 5) is 2.39. The van der Waals surface area contributed by atoms with E-state index in [4.69, 9.17) is 28.9 Å². The number of hydrogen-bond acceptors (Lipinski definition) is 3. The van der Waals surface area contributed by atoms with E-state index in [-0.39, 0.29) is 0 Å². The Morgan fingerprint density at radius 2 is 1.84 bits per heavy atom. The molecule has 0 unspecified atom stereocenters. The summed E-state index contributed by atoms with van der Waals surface area (Å²) in [5.74, 6) is 0.801. The van der Waals surface area contributed by atoms with Crippen LogP contribution in [0.25, 0.3) is 0 Å². The first-order chi connectivity index (χ1) is 9.06. The molecule has 0 atom stereocenters. The number of benzene rings is 1. The van der Waals surface area contributed by atoms with Crippen molar-refractivity contribution < 1.29 is 0 Å². The summed E-state index contributed by atoms with van der Waals surface area (Å²) in [7, 11) is 2.18. The average molecular weight is 302 g/mol. The van der Waals surface area contributed by atoms with Crippen LogP contribution in [0, 0.1) is 5.92 Å². The molecule has 0 amide bonds. The van der Waals surface area contributed by atoms with Gasteiger partial charge in [-0.15, -0.1) is 0 Å². The van der Waals surface area contributed by atoms with Gasteiger partial charge in [-0.2, -0.15) is 0 Å². The predicted octanol–water partition coefficient (Wildman–Crippen LogP) is 3.72. The van der Waals surface area contributed by atoms with E-state index < -0.39 is 0 Å². The van der Waals surface area contributed by atoms with Crippen molar-refractivity contribution in [2.24, 2.45) is 5.92 Å². The molecule has 0 radical (unpaired) electrons. The van der Waals surface area contributed by atoms with Crippen molar-refractivity contribution in [1.29, 1.82) is 0 Å².